The van der Waals surface area contributed by atoms with Crippen LogP contribution >= 0.6 is 11.8 Å². The highest BCUT2D eigenvalue weighted by molar-refractivity contribution is 7.99. The van der Waals surface area contributed by atoms with Crippen LogP contribution in [0.15, 0.2) is 23.1 Å². The summed E-state index contributed by atoms with van der Waals surface area (Å²) in [5, 5.41) is 12.5. The zero-order chi connectivity index (χ0) is 12.2. The molecule has 1 rings (SSSR count). The molecule has 0 heterocycles. The Bertz CT molecular complexity index is 348. The molecule has 0 aliphatic carbocycles. The monoisotopic (exact) mass is 239 g/mol. The molecule has 90 valence electrons. The molecule has 2 nitrogen and oxygen atoms in total. The van der Waals surface area contributed by atoms with Crippen LogP contribution in [0.5, 0.6) is 0 Å². The summed E-state index contributed by atoms with van der Waals surface area (Å²) in [7, 11) is 1.89. The SMILES string of the molecule is CNC(C)(CO)CSc1cc(C)ccc1C. The zero-order valence-corrected chi connectivity index (χ0v) is 11.3. The number of hydrogen-bond donors (Lipinski definition) is 2. The third-order valence-electron chi connectivity index (χ3n) is 2.84. The van der Waals surface area contributed by atoms with Crippen molar-refractivity contribution in [3.05, 3.63) is 29.3 Å². The lowest BCUT2D eigenvalue weighted by Gasteiger charge is -2.26. The third-order valence-corrected chi connectivity index (χ3v) is 4.37. The maximum atomic E-state index is 9.31. The number of benzene rings is 1. The van der Waals surface area contributed by atoms with Crippen LogP contribution in [-0.2, 0) is 0 Å². The Morgan fingerprint density at radius 3 is 2.62 bits per heavy atom. The fraction of sp³-hybridized carbons (Fsp3) is 0.538. The number of hydrogen-bond acceptors (Lipinski definition) is 3. The Balaban J connectivity index is 2.70. The van der Waals surface area contributed by atoms with E-state index in [4.69, 9.17) is 0 Å². The molecule has 0 aliphatic heterocycles. The summed E-state index contributed by atoms with van der Waals surface area (Å²) in [6, 6.07) is 6.48. The Morgan fingerprint density at radius 1 is 1.38 bits per heavy atom. The predicted octanol–water partition coefficient (Wildman–Crippen LogP) is 2.37. The lowest BCUT2D eigenvalue weighted by Crippen LogP contribution is -2.45. The van der Waals surface area contributed by atoms with Gasteiger partial charge in [-0.25, -0.2) is 0 Å². The number of likely N-dealkylation sites (N-methyl/N-ethyl adjacent to an activating group) is 1. The van der Waals surface area contributed by atoms with E-state index >= 15 is 0 Å². The Hall–Kier alpha value is -0.510. The highest BCUT2D eigenvalue weighted by Gasteiger charge is 2.21. The molecule has 0 amide bonds. The minimum Gasteiger partial charge on any atom is -0.394 e. The van der Waals surface area contributed by atoms with Crippen molar-refractivity contribution in [1.82, 2.24) is 5.32 Å². The zero-order valence-electron chi connectivity index (χ0n) is 10.5. The van der Waals surface area contributed by atoms with Gasteiger partial charge in [-0.3, -0.25) is 0 Å². The molecule has 0 aromatic heterocycles. The first-order chi connectivity index (χ1) is 7.50. The maximum absolute atomic E-state index is 9.31. The van der Waals surface area contributed by atoms with Crippen LogP contribution in [0.4, 0.5) is 0 Å². The van der Waals surface area contributed by atoms with Crippen LogP contribution in [0.1, 0.15) is 18.1 Å². The average Bonchev–Trinajstić information content (AvgIpc) is 2.30. The molecule has 16 heavy (non-hydrogen) atoms. The van der Waals surface area contributed by atoms with Crippen molar-refractivity contribution in [3.8, 4) is 0 Å². The normalized spacial score (nSPS) is 14.8. The van der Waals surface area contributed by atoms with Crippen molar-refractivity contribution >= 4 is 11.8 Å². The summed E-state index contributed by atoms with van der Waals surface area (Å²) in [5.74, 6) is 0.865. The lowest BCUT2D eigenvalue weighted by molar-refractivity contribution is 0.200. The molecule has 0 spiro atoms. The molecule has 3 heteroatoms. The van der Waals surface area contributed by atoms with Gasteiger partial charge < -0.3 is 10.4 Å². The van der Waals surface area contributed by atoms with Gasteiger partial charge in [-0.05, 0) is 39.4 Å². The molecule has 1 aromatic rings. The second-order valence-corrected chi connectivity index (χ2v) is 5.54. The highest BCUT2D eigenvalue weighted by atomic mass is 32.2. The van der Waals surface area contributed by atoms with Crippen molar-refractivity contribution in [2.24, 2.45) is 0 Å². The minimum absolute atomic E-state index is 0.154. The number of aryl methyl sites for hydroxylation is 2. The van der Waals surface area contributed by atoms with E-state index in [1.54, 1.807) is 11.8 Å². The highest BCUT2D eigenvalue weighted by Crippen LogP contribution is 2.26. The van der Waals surface area contributed by atoms with Crippen LogP contribution < -0.4 is 5.32 Å². The molecule has 0 bridgehead atoms. The Labute approximate surface area is 102 Å². The van der Waals surface area contributed by atoms with Gasteiger partial charge in [-0.2, -0.15) is 0 Å². The third kappa shape index (κ3) is 3.51. The van der Waals surface area contributed by atoms with E-state index in [2.05, 4.69) is 37.4 Å². The first-order valence-corrected chi connectivity index (χ1v) is 6.49. The van der Waals surface area contributed by atoms with Crippen LogP contribution in [0, 0.1) is 13.8 Å². The molecule has 0 aliphatic rings. The molecule has 0 fully saturated rings. The van der Waals surface area contributed by atoms with E-state index in [0.29, 0.717) is 0 Å². The second kappa shape index (κ2) is 5.71. The standard InChI is InChI=1S/C13H21NOS/c1-10-5-6-11(2)12(7-10)16-9-13(3,8-15)14-4/h5-7,14-15H,8-9H2,1-4H3. The topological polar surface area (TPSA) is 32.3 Å². The van der Waals surface area contributed by atoms with Crippen molar-refractivity contribution in [2.45, 2.75) is 31.2 Å². The van der Waals surface area contributed by atoms with Crippen LogP contribution in [0.25, 0.3) is 0 Å². The molecule has 0 radical (unpaired) electrons. The summed E-state index contributed by atoms with van der Waals surface area (Å²) in [5.41, 5.74) is 2.37. The second-order valence-electron chi connectivity index (χ2n) is 4.53. The fourth-order valence-corrected chi connectivity index (χ4v) is 2.57. The van der Waals surface area contributed by atoms with Gasteiger partial charge in [0.25, 0.3) is 0 Å². The van der Waals surface area contributed by atoms with E-state index in [0.717, 1.165) is 5.75 Å². The number of thioether (sulfide) groups is 1. The molecule has 0 saturated carbocycles. The fourth-order valence-electron chi connectivity index (χ4n) is 1.30. The van der Waals surface area contributed by atoms with E-state index in [1.165, 1.54) is 16.0 Å². The van der Waals surface area contributed by atoms with Gasteiger partial charge in [0.15, 0.2) is 0 Å². The molecule has 2 N–H and O–H groups in total. The number of aliphatic hydroxyl groups is 1. The first kappa shape index (κ1) is 13.6. The Kier molecular flexibility index (Phi) is 4.84. The van der Waals surface area contributed by atoms with Gasteiger partial charge in [-0.1, -0.05) is 17.7 Å². The molecular weight excluding hydrogens is 218 g/mol. The van der Waals surface area contributed by atoms with Gasteiger partial charge in [0.2, 0.25) is 0 Å². The van der Waals surface area contributed by atoms with Gasteiger partial charge in [0.1, 0.15) is 0 Å². The number of aliphatic hydroxyl groups excluding tert-OH is 1. The molecule has 1 aromatic carbocycles. The number of nitrogens with one attached hydrogen (secondary N) is 1. The average molecular weight is 239 g/mol. The lowest BCUT2D eigenvalue weighted by atomic mass is 10.1. The summed E-state index contributed by atoms with van der Waals surface area (Å²) >= 11 is 1.79. The number of rotatable bonds is 5. The molecular formula is C13H21NOS. The van der Waals surface area contributed by atoms with E-state index in [-0.39, 0.29) is 12.1 Å². The van der Waals surface area contributed by atoms with Crippen molar-refractivity contribution in [1.29, 1.82) is 0 Å². The summed E-state index contributed by atoms with van der Waals surface area (Å²) < 4.78 is 0. The van der Waals surface area contributed by atoms with Gasteiger partial charge in [-0.15, -0.1) is 11.8 Å². The van der Waals surface area contributed by atoms with E-state index in [1.807, 2.05) is 14.0 Å². The first-order valence-electron chi connectivity index (χ1n) is 5.50. The summed E-state index contributed by atoms with van der Waals surface area (Å²) in [6.07, 6.45) is 0. The summed E-state index contributed by atoms with van der Waals surface area (Å²) in [6.45, 7) is 6.41. The quantitative estimate of drug-likeness (QED) is 0.774. The van der Waals surface area contributed by atoms with Gasteiger partial charge >= 0.3 is 0 Å². The molecule has 0 saturated heterocycles. The van der Waals surface area contributed by atoms with Gasteiger partial charge in [0.05, 0.1) is 6.61 Å². The van der Waals surface area contributed by atoms with Crippen LogP contribution in [-0.4, -0.2) is 30.1 Å². The van der Waals surface area contributed by atoms with Crippen molar-refractivity contribution in [2.75, 3.05) is 19.4 Å². The molecule has 1 atom stereocenters. The molecule has 1 unspecified atom stereocenters. The Morgan fingerprint density at radius 2 is 2.06 bits per heavy atom. The van der Waals surface area contributed by atoms with Crippen LogP contribution in [0.2, 0.25) is 0 Å². The largest absolute Gasteiger partial charge is 0.394 e. The summed E-state index contributed by atoms with van der Waals surface area (Å²) in [4.78, 5) is 1.30. The van der Waals surface area contributed by atoms with E-state index < -0.39 is 0 Å². The predicted molar refractivity (Wildman–Crippen MR) is 71.2 cm³/mol. The minimum atomic E-state index is -0.207. The van der Waals surface area contributed by atoms with Crippen LogP contribution in [0.3, 0.4) is 0 Å². The smallest absolute Gasteiger partial charge is 0.0618 e. The van der Waals surface area contributed by atoms with Crippen molar-refractivity contribution in [3.63, 3.8) is 0 Å². The van der Waals surface area contributed by atoms with Crippen molar-refractivity contribution < 1.29 is 5.11 Å². The van der Waals surface area contributed by atoms with E-state index in [9.17, 15) is 5.11 Å². The van der Waals surface area contributed by atoms with Gasteiger partial charge in [0, 0.05) is 16.2 Å². The maximum Gasteiger partial charge on any atom is 0.0618 e.